The van der Waals surface area contributed by atoms with Crippen molar-refractivity contribution >= 4 is 22.9 Å². The Bertz CT molecular complexity index is 576. The molecule has 3 rings (SSSR count). The molecule has 4 nitrogen and oxygen atoms in total. The Morgan fingerprint density at radius 1 is 1.35 bits per heavy atom. The summed E-state index contributed by atoms with van der Waals surface area (Å²) in [6, 6.07) is 8.13. The topological polar surface area (TPSA) is 54.0 Å². The van der Waals surface area contributed by atoms with Gasteiger partial charge in [0.25, 0.3) is 5.91 Å². The Hall–Kier alpha value is -1.88. The van der Waals surface area contributed by atoms with Crippen molar-refractivity contribution in [2.75, 3.05) is 5.32 Å². The molecule has 1 atom stereocenters. The van der Waals surface area contributed by atoms with Crippen LogP contribution in [0.4, 0.5) is 5.69 Å². The SMILES string of the molecule is CC(Nc1ccc(C(=O)NC2CC2)cc1)c1cscn1. The van der Waals surface area contributed by atoms with E-state index in [4.69, 9.17) is 0 Å². The number of hydrogen-bond donors (Lipinski definition) is 2. The molecule has 1 saturated carbocycles. The number of rotatable bonds is 5. The van der Waals surface area contributed by atoms with Crippen LogP contribution in [-0.2, 0) is 0 Å². The van der Waals surface area contributed by atoms with Crippen molar-refractivity contribution in [2.24, 2.45) is 0 Å². The van der Waals surface area contributed by atoms with E-state index in [-0.39, 0.29) is 11.9 Å². The van der Waals surface area contributed by atoms with Gasteiger partial charge in [-0.3, -0.25) is 4.79 Å². The molecule has 0 saturated heterocycles. The van der Waals surface area contributed by atoms with E-state index in [0.29, 0.717) is 11.6 Å². The molecule has 1 aromatic heterocycles. The van der Waals surface area contributed by atoms with Crippen molar-refractivity contribution in [3.05, 3.63) is 46.4 Å². The predicted octanol–water partition coefficient (Wildman–Crippen LogP) is 3.21. The lowest BCUT2D eigenvalue weighted by Crippen LogP contribution is -2.25. The molecule has 1 heterocycles. The molecule has 0 aliphatic heterocycles. The number of nitrogens with zero attached hydrogens (tertiary/aromatic N) is 1. The van der Waals surface area contributed by atoms with E-state index >= 15 is 0 Å². The Kier molecular flexibility index (Phi) is 3.69. The van der Waals surface area contributed by atoms with Crippen molar-refractivity contribution < 1.29 is 4.79 Å². The second-order valence-corrected chi connectivity index (χ2v) is 5.82. The van der Waals surface area contributed by atoms with E-state index in [1.54, 1.807) is 11.3 Å². The standard InChI is InChI=1S/C15H17N3OS/c1-10(14-8-20-9-16-14)17-12-4-2-11(3-5-12)15(19)18-13-6-7-13/h2-5,8-10,13,17H,6-7H2,1H3,(H,18,19). The fourth-order valence-electron chi connectivity index (χ4n) is 1.97. The number of nitrogens with one attached hydrogen (secondary N) is 2. The fourth-order valence-corrected chi connectivity index (χ4v) is 2.62. The van der Waals surface area contributed by atoms with Gasteiger partial charge in [0.05, 0.1) is 17.2 Å². The quantitative estimate of drug-likeness (QED) is 0.888. The van der Waals surface area contributed by atoms with Gasteiger partial charge in [0.2, 0.25) is 0 Å². The maximum absolute atomic E-state index is 11.9. The summed E-state index contributed by atoms with van der Waals surface area (Å²) in [5.74, 6) is 0.0200. The van der Waals surface area contributed by atoms with E-state index in [2.05, 4.69) is 22.5 Å². The zero-order valence-electron chi connectivity index (χ0n) is 11.3. The normalized spacial score (nSPS) is 15.7. The lowest BCUT2D eigenvalue weighted by atomic mass is 10.1. The third-order valence-electron chi connectivity index (χ3n) is 3.34. The molecule has 0 radical (unpaired) electrons. The van der Waals surface area contributed by atoms with E-state index in [1.807, 2.05) is 35.2 Å². The van der Waals surface area contributed by atoms with E-state index in [9.17, 15) is 4.79 Å². The first kappa shape index (κ1) is 13.1. The lowest BCUT2D eigenvalue weighted by molar-refractivity contribution is 0.0951. The van der Waals surface area contributed by atoms with Crippen LogP contribution in [0.25, 0.3) is 0 Å². The number of thiazole rings is 1. The fraction of sp³-hybridized carbons (Fsp3) is 0.333. The first-order valence-electron chi connectivity index (χ1n) is 6.78. The molecule has 1 amide bonds. The number of amides is 1. The zero-order valence-corrected chi connectivity index (χ0v) is 12.1. The second kappa shape index (κ2) is 5.63. The molecule has 1 fully saturated rings. The Labute approximate surface area is 122 Å². The Morgan fingerprint density at radius 3 is 2.70 bits per heavy atom. The second-order valence-electron chi connectivity index (χ2n) is 5.10. The lowest BCUT2D eigenvalue weighted by Gasteiger charge is -2.13. The van der Waals surface area contributed by atoms with Crippen molar-refractivity contribution in [2.45, 2.75) is 31.8 Å². The highest BCUT2D eigenvalue weighted by Gasteiger charge is 2.23. The number of hydrogen-bond acceptors (Lipinski definition) is 4. The van der Waals surface area contributed by atoms with Gasteiger partial charge in [-0.15, -0.1) is 11.3 Å². The van der Waals surface area contributed by atoms with E-state index in [1.165, 1.54) is 0 Å². The van der Waals surface area contributed by atoms with Crippen molar-refractivity contribution in [3.8, 4) is 0 Å². The third-order valence-corrected chi connectivity index (χ3v) is 3.94. The van der Waals surface area contributed by atoms with Crippen molar-refractivity contribution in [3.63, 3.8) is 0 Å². The summed E-state index contributed by atoms with van der Waals surface area (Å²) in [5.41, 5.74) is 4.57. The van der Waals surface area contributed by atoms with Gasteiger partial charge in [-0.2, -0.15) is 0 Å². The Morgan fingerprint density at radius 2 is 2.10 bits per heavy atom. The van der Waals surface area contributed by atoms with Gasteiger partial charge in [0, 0.05) is 22.7 Å². The summed E-state index contributed by atoms with van der Waals surface area (Å²) in [6.45, 7) is 2.07. The van der Waals surface area contributed by atoms with Crippen LogP contribution in [0.5, 0.6) is 0 Å². The number of benzene rings is 1. The molecule has 0 spiro atoms. The molecule has 0 bridgehead atoms. The molecule has 5 heteroatoms. The average molecular weight is 287 g/mol. The highest BCUT2D eigenvalue weighted by atomic mass is 32.1. The molecule has 2 aromatic rings. The first-order chi connectivity index (χ1) is 9.72. The summed E-state index contributed by atoms with van der Waals surface area (Å²) in [5, 5.41) is 8.40. The van der Waals surface area contributed by atoms with E-state index < -0.39 is 0 Å². The van der Waals surface area contributed by atoms with Crippen molar-refractivity contribution in [1.82, 2.24) is 10.3 Å². The van der Waals surface area contributed by atoms with Gasteiger partial charge in [0.15, 0.2) is 0 Å². The van der Waals surface area contributed by atoms with E-state index in [0.717, 1.165) is 24.2 Å². The molecule has 20 heavy (non-hydrogen) atoms. The monoisotopic (exact) mass is 287 g/mol. The summed E-state index contributed by atoms with van der Waals surface area (Å²) in [7, 11) is 0. The van der Waals surface area contributed by atoms with Gasteiger partial charge in [-0.1, -0.05) is 0 Å². The highest BCUT2D eigenvalue weighted by Crippen LogP contribution is 2.21. The minimum Gasteiger partial charge on any atom is -0.377 e. The number of anilines is 1. The Balaban J connectivity index is 1.62. The highest BCUT2D eigenvalue weighted by molar-refractivity contribution is 7.07. The van der Waals surface area contributed by atoms with Crippen LogP contribution in [0, 0.1) is 0 Å². The predicted molar refractivity (Wildman–Crippen MR) is 81.1 cm³/mol. The maximum Gasteiger partial charge on any atom is 0.251 e. The van der Waals surface area contributed by atoms with Crippen molar-refractivity contribution in [1.29, 1.82) is 0 Å². The molecule has 1 unspecified atom stereocenters. The molecule has 1 aliphatic rings. The maximum atomic E-state index is 11.9. The van der Waals surface area contributed by atoms with Gasteiger partial charge in [-0.05, 0) is 44.0 Å². The molecule has 1 aromatic carbocycles. The van der Waals surface area contributed by atoms with Gasteiger partial charge >= 0.3 is 0 Å². The largest absolute Gasteiger partial charge is 0.377 e. The minimum absolute atomic E-state index is 0.0200. The van der Waals surface area contributed by atoms with Crippen LogP contribution in [0.1, 0.15) is 41.9 Å². The number of carbonyl (C=O) groups excluding carboxylic acids is 1. The molecule has 104 valence electrons. The number of aromatic nitrogens is 1. The van der Waals surface area contributed by atoms with Gasteiger partial charge in [-0.25, -0.2) is 4.98 Å². The smallest absolute Gasteiger partial charge is 0.251 e. The summed E-state index contributed by atoms with van der Waals surface area (Å²) in [4.78, 5) is 16.2. The zero-order chi connectivity index (χ0) is 13.9. The van der Waals surface area contributed by atoms with Crippen LogP contribution < -0.4 is 10.6 Å². The summed E-state index contributed by atoms with van der Waals surface area (Å²) in [6.07, 6.45) is 2.22. The molecular weight excluding hydrogens is 270 g/mol. The van der Waals surface area contributed by atoms with Gasteiger partial charge in [0.1, 0.15) is 0 Å². The van der Waals surface area contributed by atoms with Gasteiger partial charge < -0.3 is 10.6 Å². The molecular formula is C15H17N3OS. The van der Waals surface area contributed by atoms with Crippen LogP contribution in [0.15, 0.2) is 35.2 Å². The summed E-state index contributed by atoms with van der Waals surface area (Å²) < 4.78 is 0. The number of carbonyl (C=O) groups is 1. The first-order valence-corrected chi connectivity index (χ1v) is 7.72. The molecule has 2 N–H and O–H groups in total. The summed E-state index contributed by atoms with van der Waals surface area (Å²) >= 11 is 1.59. The average Bonchev–Trinajstić information content (AvgIpc) is 3.08. The van der Waals surface area contributed by atoms with Crippen LogP contribution >= 0.6 is 11.3 Å². The molecule has 1 aliphatic carbocycles. The third kappa shape index (κ3) is 3.17. The van der Waals surface area contributed by atoms with Crippen LogP contribution in [-0.4, -0.2) is 16.9 Å². The minimum atomic E-state index is 0.0200. The van der Waals surface area contributed by atoms with Crippen LogP contribution in [0.2, 0.25) is 0 Å². The van der Waals surface area contributed by atoms with Crippen LogP contribution in [0.3, 0.4) is 0 Å².